The Labute approximate surface area is 135 Å². The average molecular weight is 322 g/mol. The van der Waals surface area contributed by atoms with Crippen molar-refractivity contribution in [3.8, 4) is 11.5 Å². The van der Waals surface area contributed by atoms with E-state index in [2.05, 4.69) is 10.6 Å². The molecule has 0 saturated heterocycles. The summed E-state index contributed by atoms with van der Waals surface area (Å²) in [5.41, 5.74) is -0.615. The highest BCUT2D eigenvalue weighted by Crippen LogP contribution is 2.39. The van der Waals surface area contributed by atoms with Gasteiger partial charge in [-0.05, 0) is 37.8 Å². The van der Waals surface area contributed by atoms with Crippen LogP contribution in [0.15, 0.2) is 18.2 Å². The van der Waals surface area contributed by atoms with Crippen LogP contribution in [0.2, 0.25) is 0 Å². The van der Waals surface area contributed by atoms with Gasteiger partial charge in [-0.25, -0.2) is 0 Å². The number of carbonyl (C=O) groups excluding carboxylic acids is 2. The van der Waals surface area contributed by atoms with Crippen LogP contribution in [-0.2, 0) is 9.59 Å². The molecular formula is C16H22N2O5. The number of ether oxygens (including phenoxy) is 2. The first-order chi connectivity index (χ1) is 10.9. The molecule has 7 heteroatoms. The third-order valence-corrected chi connectivity index (χ3v) is 3.93. The van der Waals surface area contributed by atoms with Gasteiger partial charge in [-0.1, -0.05) is 0 Å². The molecule has 1 unspecified atom stereocenters. The van der Waals surface area contributed by atoms with E-state index in [4.69, 9.17) is 9.47 Å². The van der Waals surface area contributed by atoms with E-state index in [1.807, 2.05) is 0 Å². The lowest BCUT2D eigenvalue weighted by atomic mass is 10.0. The zero-order valence-corrected chi connectivity index (χ0v) is 13.5. The molecule has 23 heavy (non-hydrogen) atoms. The van der Waals surface area contributed by atoms with Crippen molar-refractivity contribution in [2.24, 2.45) is 5.92 Å². The smallest absolute Gasteiger partial charge is 0.313 e. The molecule has 0 heterocycles. The number of hydrogen-bond acceptors (Lipinski definition) is 5. The molecule has 1 aromatic rings. The molecule has 0 aromatic heterocycles. The number of carbonyl (C=O) groups is 2. The zero-order chi connectivity index (χ0) is 17.0. The van der Waals surface area contributed by atoms with Crippen molar-refractivity contribution < 1.29 is 24.2 Å². The fraction of sp³-hybridized carbons (Fsp3) is 0.500. The Bertz CT molecular complexity index is 596. The maximum absolute atomic E-state index is 11.9. The maximum atomic E-state index is 11.9. The van der Waals surface area contributed by atoms with Gasteiger partial charge in [0.25, 0.3) is 0 Å². The minimum Gasteiger partial charge on any atom is -0.497 e. The second-order valence-electron chi connectivity index (χ2n) is 5.83. The largest absolute Gasteiger partial charge is 0.497 e. The van der Waals surface area contributed by atoms with Gasteiger partial charge in [0.15, 0.2) is 0 Å². The number of benzene rings is 1. The summed E-state index contributed by atoms with van der Waals surface area (Å²) in [4.78, 5) is 23.8. The summed E-state index contributed by atoms with van der Waals surface area (Å²) >= 11 is 0. The molecule has 0 spiro atoms. The average Bonchev–Trinajstić information content (AvgIpc) is 3.38. The highest BCUT2D eigenvalue weighted by Gasteiger charge is 2.40. The fourth-order valence-corrected chi connectivity index (χ4v) is 2.27. The Morgan fingerprint density at radius 1 is 1.26 bits per heavy atom. The fourth-order valence-electron chi connectivity index (χ4n) is 2.27. The quantitative estimate of drug-likeness (QED) is 0.677. The summed E-state index contributed by atoms with van der Waals surface area (Å²) in [5.74, 6) is -0.475. The number of aliphatic hydroxyl groups is 1. The van der Waals surface area contributed by atoms with Gasteiger partial charge >= 0.3 is 11.8 Å². The van der Waals surface area contributed by atoms with Gasteiger partial charge in [-0.3, -0.25) is 9.59 Å². The van der Waals surface area contributed by atoms with Crippen molar-refractivity contribution in [1.29, 1.82) is 0 Å². The Hall–Kier alpha value is -2.28. The van der Waals surface area contributed by atoms with Crippen molar-refractivity contribution in [1.82, 2.24) is 5.32 Å². The van der Waals surface area contributed by atoms with Crippen molar-refractivity contribution in [2.45, 2.75) is 25.4 Å². The van der Waals surface area contributed by atoms with Crippen LogP contribution in [0, 0.1) is 5.92 Å². The molecule has 1 atom stereocenters. The summed E-state index contributed by atoms with van der Waals surface area (Å²) in [5, 5.41) is 15.1. The van der Waals surface area contributed by atoms with E-state index in [1.54, 1.807) is 25.1 Å². The lowest BCUT2D eigenvalue weighted by Crippen LogP contribution is -2.45. The maximum Gasteiger partial charge on any atom is 0.313 e. The first-order valence-electron chi connectivity index (χ1n) is 7.41. The zero-order valence-electron chi connectivity index (χ0n) is 13.5. The molecule has 1 aliphatic carbocycles. The third-order valence-electron chi connectivity index (χ3n) is 3.93. The van der Waals surface area contributed by atoms with Crippen LogP contribution in [-0.4, -0.2) is 43.3 Å². The number of anilines is 1. The second-order valence-corrected chi connectivity index (χ2v) is 5.83. The molecule has 126 valence electrons. The van der Waals surface area contributed by atoms with Crippen LogP contribution in [0.1, 0.15) is 19.8 Å². The van der Waals surface area contributed by atoms with E-state index in [1.165, 1.54) is 14.2 Å². The molecule has 1 fully saturated rings. The van der Waals surface area contributed by atoms with Crippen LogP contribution in [0.4, 0.5) is 5.69 Å². The molecule has 0 aliphatic heterocycles. The Morgan fingerprint density at radius 3 is 2.52 bits per heavy atom. The van der Waals surface area contributed by atoms with Gasteiger partial charge < -0.3 is 25.2 Å². The van der Waals surface area contributed by atoms with Gasteiger partial charge in [0.05, 0.1) is 25.5 Å². The minimum absolute atomic E-state index is 0.0453. The summed E-state index contributed by atoms with van der Waals surface area (Å²) in [6.45, 7) is 1.71. The lowest BCUT2D eigenvalue weighted by molar-refractivity contribution is -0.136. The Kier molecular flexibility index (Phi) is 5.10. The van der Waals surface area contributed by atoms with Gasteiger partial charge in [0, 0.05) is 12.6 Å². The van der Waals surface area contributed by atoms with Crippen LogP contribution < -0.4 is 20.1 Å². The number of nitrogens with one attached hydrogen (secondary N) is 2. The van der Waals surface area contributed by atoms with Crippen molar-refractivity contribution in [3.05, 3.63) is 18.2 Å². The van der Waals surface area contributed by atoms with E-state index in [0.717, 1.165) is 12.8 Å². The second kappa shape index (κ2) is 6.87. The topological polar surface area (TPSA) is 96.9 Å². The number of amides is 2. The lowest BCUT2D eigenvalue weighted by Gasteiger charge is -2.23. The predicted molar refractivity (Wildman–Crippen MR) is 84.5 cm³/mol. The highest BCUT2D eigenvalue weighted by atomic mass is 16.5. The Morgan fingerprint density at radius 2 is 1.96 bits per heavy atom. The molecule has 1 aromatic carbocycles. The van der Waals surface area contributed by atoms with E-state index in [0.29, 0.717) is 17.2 Å². The third kappa shape index (κ3) is 4.35. The van der Waals surface area contributed by atoms with E-state index < -0.39 is 17.4 Å². The first-order valence-corrected chi connectivity index (χ1v) is 7.41. The molecule has 0 radical (unpaired) electrons. The monoisotopic (exact) mass is 322 g/mol. The van der Waals surface area contributed by atoms with Crippen molar-refractivity contribution >= 4 is 17.5 Å². The van der Waals surface area contributed by atoms with E-state index in [-0.39, 0.29) is 12.5 Å². The van der Waals surface area contributed by atoms with E-state index in [9.17, 15) is 14.7 Å². The molecule has 2 rings (SSSR count). The van der Waals surface area contributed by atoms with Gasteiger partial charge in [-0.15, -0.1) is 0 Å². The molecule has 0 bridgehead atoms. The van der Waals surface area contributed by atoms with Gasteiger partial charge in [0.1, 0.15) is 11.5 Å². The SMILES string of the molecule is COc1ccc(NC(=O)C(=O)NCC(C)(O)C2CC2)c(OC)c1. The normalized spacial score (nSPS) is 16.2. The first kappa shape index (κ1) is 17.1. The molecule has 1 saturated carbocycles. The standard InChI is InChI=1S/C16H22N2O5/c1-16(21,10-4-5-10)9-17-14(19)15(20)18-12-7-6-11(22-2)8-13(12)23-3/h6-8,10,21H,4-5,9H2,1-3H3,(H,17,19)(H,18,20). The summed E-state index contributed by atoms with van der Waals surface area (Å²) in [6.07, 6.45) is 1.89. The number of methoxy groups -OCH3 is 2. The van der Waals surface area contributed by atoms with Crippen LogP contribution in [0.3, 0.4) is 0 Å². The summed E-state index contributed by atoms with van der Waals surface area (Å²) in [7, 11) is 2.98. The molecular weight excluding hydrogens is 300 g/mol. The van der Waals surface area contributed by atoms with Crippen LogP contribution in [0.5, 0.6) is 11.5 Å². The summed E-state index contributed by atoms with van der Waals surface area (Å²) < 4.78 is 10.2. The van der Waals surface area contributed by atoms with Crippen molar-refractivity contribution in [2.75, 3.05) is 26.1 Å². The predicted octanol–water partition coefficient (Wildman–Crippen LogP) is 0.919. The Balaban J connectivity index is 1.94. The van der Waals surface area contributed by atoms with Gasteiger partial charge in [-0.2, -0.15) is 0 Å². The summed E-state index contributed by atoms with van der Waals surface area (Å²) in [6, 6.07) is 4.84. The van der Waals surface area contributed by atoms with Crippen LogP contribution >= 0.6 is 0 Å². The number of hydrogen-bond donors (Lipinski definition) is 3. The van der Waals surface area contributed by atoms with Gasteiger partial charge in [0.2, 0.25) is 0 Å². The van der Waals surface area contributed by atoms with Crippen LogP contribution in [0.25, 0.3) is 0 Å². The van der Waals surface area contributed by atoms with Crippen molar-refractivity contribution in [3.63, 3.8) is 0 Å². The molecule has 3 N–H and O–H groups in total. The molecule has 2 amide bonds. The van der Waals surface area contributed by atoms with E-state index >= 15 is 0 Å². The number of rotatable bonds is 6. The molecule has 7 nitrogen and oxygen atoms in total. The highest BCUT2D eigenvalue weighted by molar-refractivity contribution is 6.39. The minimum atomic E-state index is -0.978. The molecule has 1 aliphatic rings.